The number of hydrogen-bond acceptors (Lipinski definition) is 10. The smallest absolute Gasteiger partial charge is 0.317 e. The van der Waals surface area contributed by atoms with Crippen LogP contribution in [0.2, 0.25) is 0 Å². The Kier molecular flexibility index (Phi) is 13.5. The molecule has 0 bridgehead atoms. The van der Waals surface area contributed by atoms with Crippen molar-refractivity contribution in [2.75, 3.05) is 51.2 Å². The number of nitrogens with one attached hydrogen (secondary N) is 5. The second-order valence-electron chi connectivity index (χ2n) is 17.6. The number of likely N-dealkylation sites (tertiary alicyclic amines) is 2. The molecule has 0 spiro atoms. The highest BCUT2D eigenvalue weighted by atomic mass is 19.3. The van der Waals surface area contributed by atoms with Gasteiger partial charge in [-0.1, -0.05) is 12.5 Å². The maximum absolute atomic E-state index is 14.6. The average Bonchev–Trinajstić information content (AvgIpc) is 3.85. The zero-order chi connectivity index (χ0) is 45.9. The van der Waals surface area contributed by atoms with Gasteiger partial charge in [-0.2, -0.15) is 5.10 Å². The third-order valence-electron chi connectivity index (χ3n) is 13.4. The van der Waals surface area contributed by atoms with E-state index in [4.69, 9.17) is 0 Å². The van der Waals surface area contributed by atoms with Crippen molar-refractivity contribution in [3.8, 4) is 11.1 Å². The van der Waals surface area contributed by atoms with Crippen LogP contribution in [0.15, 0.2) is 59.7 Å². The van der Waals surface area contributed by atoms with E-state index in [9.17, 15) is 43.0 Å². The van der Waals surface area contributed by atoms with E-state index in [1.807, 2.05) is 11.0 Å². The molecule has 3 fully saturated rings. The zero-order valence-corrected chi connectivity index (χ0v) is 36.8. The minimum absolute atomic E-state index is 0.0483. The number of amidine groups is 1. The Hall–Kier alpha value is -6.40. The molecule has 1 aliphatic carbocycles. The third-order valence-corrected chi connectivity index (χ3v) is 13.4. The summed E-state index contributed by atoms with van der Waals surface area (Å²) in [7, 11) is 3.31. The summed E-state index contributed by atoms with van der Waals surface area (Å²) in [6.07, 6.45) is 12.0. The van der Waals surface area contributed by atoms with Crippen molar-refractivity contribution in [1.29, 1.82) is 5.41 Å². The van der Waals surface area contributed by atoms with E-state index in [1.54, 1.807) is 59.2 Å². The number of aromatic nitrogens is 2. The first-order chi connectivity index (χ1) is 31.3. The molecule has 17 nitrogen and oxygen atoms in total. The van der Waals surface area contributed by atoms with Crippen LogP contribution in [0, 0.1) is 17.2 Å². The number of carbonyl (C=O) groups excluding carboxylic acids is 6. The largest absolute Gasteiger partial charge is 0.385 e. The number of urea groups is 1. The molecule has 6 heterocycles. The van der Waals surface area contributed by atoms with Crippen molar-refractivity contribution in [3.05, 3.63) is 70.8 Å². The van der Waals surface area contributed by atoms with Crippen molar-refractivity contribution in [2.24, 2.45) is 18.9 Å². The van der Waals surface area contributed by atoms with Crippen molar-refractivity contribution in [3.63, 3.8) is 0 Å². The summed E-state index contributed by atoms with van der Waals surface area (Å²) in [6, 6.07) is 2.14. The molecule has 65 heavy (non-hydrogen) atoms. The van der Waals surface area contributed by atoms with Gasteiger partial charge >= 0.3 is 6.03 Å². The number of benzene rings is 1. The van der Waals surface area contributed by atoms with Gasteiger partial charge in [-0.3, -0.25) is 44.3 Å². The monoisotopic (exact) mass is 897 g/mol. The normalized spacial score (nSPS) is 22.5. The van der Waals surface area contributed by atoms with E-state index in [1.165, 1.54) is 6.07 Å². The zero-order valence-electron chi connectivity index (χ0n) is 36.8. The first-order valence-electron chi connectivity index (χ1n) is 22.7. The number of fused-ring (bicyclic) bond motifs is 2. The standard InChI is InChI=1S/C46H57F2N11O6/c1-50-46(65)57-20-15-36(35(26-57)42(49)58-17-6-7-27-21-32(28-24-52-55(2)25-28)33(41(47)48)23-38(27)58)53-29-13-18-56(19-14-29)40(61)8-4-3-5-16-51-30-9-10-31-34(22-30)45(64)59(44(31)63)37-11-12-39(60)54-43(37)62/h9-10,21-25,29,31,34,37,41,49,51,53H,3-8,11-20,26H2,1-2H3,(H,50,65)(H,54,60,62). The number of nitrogens with zero attached hydrogens (tertiary/aromatic N) is 6. The Balaban J connectivity index is 0.824. The molecular formula is C46H57F2N11O6. The summed E-state index contributed by atoms with van der Waals surface area (Å²) < 4.78 is 30.8. The summed E-state index contributed by atoms with van der Waals surface area (Å²) in [6.45, 7) is 2.90. The molecular weight excluding hydrogens is 841 g/mol. The van der Waals surface area contributed by atoms with Crippen LogP contribution in [0.1, 0.15) is 81.8 Å². The van der Waals surface area contributed by atoms with Crippen LogP contribution >= 0.6 is 0 Å². The molecule has 1 aromatic carbocycles. The van der Waals surface area contributed by atoms with E-state index >= 15 is 0 Å². The Morgan fingerprint density at radius 3 is 2.46 bits per heavy atom. The third kappa shape index (κ3) is 9.54. The lowest BCUT2D eigenvalue weighted by atomic mass is 9.89. The molecule has 2 aromatic rings. The van der Waals surface area contributed by atoms with Gasteiger partial charge in [0.15, 0.2) is 0 Å². The topological polar surface area (TPSA) is 205 Å². The molecule has 1 aromatic heterocycles. The molecule has 346 valence electrons. The summed E-state index contributed by atoms with van der Waals surface area (Å²) in [4.78, 5) is 82.7. The van der Waals surface area contributed by atoms with Crippen LogP contribution in [0.4, 0.5) is 19.3 Å². The molecule has 19 heteroatoms. The van der Waals surface area contributed by atoms with Crippen LogP contribution in [-0.4, -0.2) is 124 Å². The summed E-state index contributed by atoms with van der Waals surface area (Å²) in [5, 5.41) is 25.6. The fraction of sp³-hybridized carbons (Fsp3) is 0.522. The molecule has 5 N–H and O–H groups in total. The number of halogens is 2. The second-order valence-corrected chi connectivity index (χ2v) is 17.6. The number of anilines is 1. The highest BCUT2D eigenvalue weighted by Gasteiger charge is 2.51. The van der Waals surface area contributed by atoms with Gasteiger partial charge in [0, 0.05) is 112 Å². The lowest BCUT2D eigenvalue weighted by molar-refractivity contribution is -0.151. The number of amides is 7. The average molecular weight is 898 g/mol. The Bertz CT molecular complexity index is 2350. The molecule has 3 saturated heterocycles. The van der Waals surface area contributed by atoms with Crippen LogP contribution < -0.4 is 26.2 Å². The lowest BCUT2D eigenvalue weighted by Gasteiger charge is -2.39. The van der Waals surface area contributed by atoms with Gasteiger partial charge in [0.2, 0.25) is 29.5 Å². The Morgan fingerprint density at radius 2 is 1.74 bits per heavy atom. The summed E-state index contributed by atoms with van der Waals surface area (Å²) in [5.74, 6) is -3.00. The fourth-order valence-electron chi connectivity index (χ4n) is 9.92. The predicted octanol–water partition coefficient (Wildman–Crippen LogP) is 3.64. The molecule has 3 atom stereocenters. The van der Waals surface area contributed by atoms with Gasteiger partial charge in [0.05, 0.1) is 24.6 Å². The number of hydrogen-bond donors (Lipinski definition) is 5. The Morgan fingerprint density at radius 1 is 0.954 bits per heavy atom. The van der Waals surface area contributed by atoms with Gasteiger partial charge in [0.1, 0.15) is 11.9 Å². The van der Waals surface area contributed by atoms with Crippen molar-refractivity contribution in [2.45, 2.75) is 89.1 Å². The van der Waals surface area contributed by atoms with E-state index in [-0.39, 0.29) is 48.8 Å². The quantitative estimate of drug-likeness (QED) is 0.0855. The van der Waals surface area contributed by atoms with Crippen molar-refractivity contribution < 1.29 is 37.5 Å². The van der Waals surface area contributed by atoms with Gasteiger partial charge in [-0.05, 0) is 80.4 Å². The van der Waals surface area contributed by atoms with E-state index in [2.05, 4.69) is 26.4 Å². The van der Waals surface area contributed by atoms with Crippen LogP contribution in [0.3, 0.4) is 0 Å². The number of allylic oxidation sites excluding steroid dienone is 1. The maximum atomic E-state index is 14.6. The molecule has 6 aliphatic rings. The molecule has 7 amide bonds. The van der Waals surface area contributed by atoms with Crippen LogP contribution in [-0.2, 0) is 37.4 Å². The summed E-state index contributed by atoms with van der Waals surface area (Å²) in [5.41, 5.74) is 4.61. The van der Waals surface area contributed by atoms with Gasteiger partial charge < -0.3 is 30.7 Å². The first-order valence-corrected chi connectivity index (χ1v) is 22.7. The van der Waals surface area contributed by atoms with Crippen molar-refractivity contribution in [1.82, 2.24) is 45.7 Å². The van der Waals surface area contributed by atoms with Crippen molar-refractivity contribution >= 4 is 47.1 Å². The van der Waals surface area contributed by atoms with Gasteiger partial charge in [-0.15, -0.1) is 0 Å². The minimum atomic E-state index is -2.73. The Labute approximate surface area is 376 Å². The number of rotatable bonds is 13. The van der Waals surface area contributed by atoms with Crippen LogP contribution in [0.25, 0.3) is 11.1 Å². The fourth-order valence-corrected chi connectivity index (χ4v) is 9.92. The minimum Gasteiger partial charge on any atom is -0.385 e. The SMILES string of the molecule is CNC(=O)N1CCC(NC2CCN(C(=O)CCCCCNC3=CC4C(=O)N(C5CCC(=O)NC5=O)C(=O)C4C=C3)CC2)=C(C(=N)N2CCCc3cc(-c4cnn(C)c4)c(C(F)F)cc32)C1. The van der Waals surface area contributed by atoms with Gasteiger partial charge in [-0.25, -0.2) is 13.6 Å². The summed E-state index contributed by atoms with van der Waals surface area (Å²) >= 11 is 0. The number of carbonyl (C=O) groups is 6. The number of unbranched alkanes of at least 4 members (excludes halogenated alkanes) is 2. The first kappa shape index (κ1) is 45.2. The highest BCUT2D eigenvalue weighted by Crippen LogP contribution is 2.40. The lowest BCUT2D eigenvalue weighted by Crippen LogP contribution is -2.54. The second kappa shape index (κ2) is 19.4. The van der Waals surface area contributed by atoms with Crippen LogP contribution in [0.5, 0.6) is 0 Å². The number of aryl methyl sites for hydroxylation is 2. The predicted molar refractivity (Wildman–Crippen MR) is 236 cm³/mol. The molecule has 5 aliphatic heterocycles. The molecule has 0 radical (unpaired) electrons. The molecule has 0 saturated carbocycles. The van der Waals surface area contributed by atoms with Gasteiger partial charge in [0.25, 0.3) is 6.43 Å². The molecule has 3 unspecified atom stereocenters. The number of piperidine rings is 2. The van der Waals surface area contributed by atoms with E-state index in [0.29, 0.717) is 87.2 Å². The van der Waals surface area contributed by atoms with E-state index in [0.717, 1.165) is 47.5 Å². The number of alkyl halides is 2. The number of imide groups is 2. The van der Waals surface area contributed by atoms with E-state index < -0.39 is 47.9 Å². The molecule has 8 rings (SSSR count). The highest BCUT2D eigenvalue weighted by molar-refractivity contribution is 6.12. The maximum Gasteiger partial charge on any atom is 0.317 e.